The molecule has 0 aliphatic carbocycles. The number of nitrogens with zero attached hydrogens (tertiary/aromatic N) is 2. The molecule has 35 heavy (non-hydrogen) atoms. The van der Waals surface area contributed by atoms with Gasteiger partial charge in [0.15, 0.2) is 11.3 Å². The Morgan fingerprint density at radius 3 is 2.23 bits per heavy atom. The standard InChI is InChI=1S/C21H17Cl2N3O7S2/c1-32-17-7-5-12(21(27)25-19-14(22)9-24-10-15(19)23)18-13-8-11(4-6-16(13)33-20(17)18)26(34(2,28)29)35(3,30)31/h4-10H,1-3H3,(H,24,25,27). The maximum Gasteiger partial charge on any atom is 0.256 e. The Morgan fingerprint density at radius 1 is 1.03 bits per heavy atom. The lowest BCUT2D eigenvalue weighted by Gasteiger charge is -2.19. The van der Waals surface area contributed by atoms with E-state index in [9.17, 15) is 21.6 Å². The fourth-order valence-corrected chi connectivity index (χ4v) is 7.07. The second-order valence-corrected chi connectivity index (χ2v) is 12.2. The normalized spacial score (nSPS) is 12.1. The molecule has 0 fully saturated rings. The summed E-state index contributed by atoms with van der Waals surface area (Å²) in [4.78, 5) is 17.1. The zero-order valence-corrected chi connectivity index (χ0v) is 21.5. The van der Waals surface area contributed by atoms with Gasteiger partial charge in [-0.1, -0.05) is 23.2 Å². The first-order valence-corrected chi connectivity index (χ1v) is 14.1. The first-order valence-electron chi connectivity index (χ1n) is 9.67. The summed E-state index contributed by atoms with van der Waals surface area (Å²) in [5.74, 6) is -0.304. The van der Waals surface area contributed by atoms with Crippen LogP contribution in [0.15, 0.2) is 47.1 Å². The largest absolute Gasteiger partial charge is 0.493 e. The van der Waals surface area contributed by atoms with Crippen molar-refractivity contribution >= 4 is 82.5 Å². The summed E-state index contributed by atoms with van der Waals surface area (Å²) in [7, 11) is -6.97. The molecule has 2 aromatic carbocycles. The molecule has 2 heterocycles. The number of pyridine rings is 1. The van der Waals surface area contributed by atoms with Crippen LogP contribution in [-0.4, -0.2) is 47.3 Å². The molecule has 4 rings (SSSR count). The highest BCUT2D eigenvalue weighted by Crippen LogP contribution is 2.40. The fraction of sp³-hybridized carbons (Fsp3) is 0.143. The molecule has 0 unspecified atom stereocenters. The number of carbonyl (C=O) groups excluding carboxylic acids is 1. The summed E-state index contributed by atoms with van der Waals surface area (Å²) in [5, 5.41) is 3.42. The third-order valence-corrected chi connectivity index (χ3v) is 8.76. The molecule has 0 spiro atoms. The molecule has 2 aromatic heterocycles. The number of fused-ring (bicyclic) bond motifs is 3. The minimum Gasteiger partial charge on any atom is -0.493 e. The molecule has 0 aliphatic heterocycles. The maximum atomic E-state index is 13.3. The van der Waals surface area contributed by atoms with Crippen LogP contribution < -0.4 is 13.8 Å². The lowest BCUT2D eigenvalue weighted by Crippen LogP contribution is -2.35. The second kappa shape index (κ2) is 8.86. The number of furan rings is 1. The van der Waals surface area contributed by atoms with E-state index >= 15 is 0 Å². The van der Waals surface area contributed by atoms with Gasteiger partial charge in [0.2, 0.25) is 20.0 Å². The Kier molecular flexibility index (Phi) is 6.34. The summed E-state index contributed by atoms with van der Waals surface area (Å²) < 4.78 is 60.6. The molecule has 14 heteroatoms. The predicted octanol–water partition coefficient (Wildman–Crippen LogP) is 4.27. The third kappa shape index (κ3) is 4.61. The van der Waals surface area contributed by atoms with Crippen molar-refractivity contribution in [1.82, 2.24) is 4.98 Å². The Hall–Kier alpha value is -3.06. The number of sulfonamides is 2. The molecule has 0 atom stereocenters. The highest BCUT2D eigenvalue weighted by atomic mass is 35.5. The van der Waals surface area contributed by atoms with Crippen LogP contribution in [-0.2, 0) is 20.0 Å². The summed E-state index contributed by atoms with van der Waals surface area (Å²) in [5.41, 5.74) is 0.574. The number of ether oxygens (including phenoxy) is 1. The van der Waals surface area contributed by atoms with E-state index in [-0.39, 0.29) is 48.9 Å². The van der Waals surface area contributed by atoms with E-state index in [2.05, 4.69) is 10.3 Å². The average Bonchev–Trinajstić information content (AvgIpc) is 3.12. The van der Waals surface area contributed by atoms with E-state index in [1.807, 2.05) is 0 Å². The summed E-state index contributed by atoms with van der Waals surface area (Å²) in [6.45, 7) is 0. The predicted molar refractivity (Wildman–Crippen MR) is 135 cm³/mol. The zero-order chi connectivity index (χ0) is 25.7. The molecular weight excluding hydrogens is 541 g/mol. The van der Waals surface area contributed by atoms with Crippen molar-refractivity contribution in [1.29, 1.82) is 0 Å². The van der Waals surface area contributed by atoms with Gasteiger partial charge in [0, 0.05) is 23.2 Å². The SMILES string of the molecule is COc1ccc(C(=O)Nc2c(Cl)cncc2Cl)c2c1oc1ccc(N(S(C)(=O)=O)S(C)(=O)=O)cc12. The van der Waals surface area contributed by atoms with Crippen LogP contribution in [0.25, 0.3) is 21.9 Å². The van der Waals surface area contributed by atoms with E-state index in [0.29, 0.717) is 9.46 Å². The van der Waals surface area contributed by atoms with E-state index in [1.54, 1.807) is 0 Å². The first-order chi connectivity index (χ1) is 16.3. The van der Waals surface area contributed by atoms with Crippen LogP contribution in [0.5, 0.6) is 5.75 Å². The first kappa shape index (κ1) is 25.0. The van der Waals surface area contributed by atoms with Gasteiger partial charge in [-0.15, -0.1) is 0 Å². The number of halogens is 2. The van der Waals surface area contributed by atoms with Gasteiger partial charge in [-0.3, -0.25) is 9.78 Å². The van der Waals surface area contributed by atoms with Crippen LogP contribution >= 0.6 is 23.2 Å². The molecule has 1 N–H and O–H groups in total. The molecule has 0 saturated carbocycles. The van der Waals surface area contributed by atoms with Gasteiger partial charge in [0.05, 0.1) is 46.6 Å². The Labute approximate surface area is 210 Å². The van der Waals surface area contributed by atoms with E-state index < -0.39 is 26.0 Å². The summed E-state index contributed by atoms with van der Waals surface area (Å²) >= 11 is 12.2. The van der Waals surface area contributed by atoms with Crippen LogP contribution in [0, 0.1) is 0 Å². The molecule has 184 valence electrons. The smallest absolute Gasteiger partial charge is 0.256 e. The summed E-state index contributed by atoms with van der Waals surface area (Å²) in [6, 6.07) is 7.01. The van der Waals surface area contributed by atoms with Crippen molar-refractivity contribution in [3.8, 4) is 5.75 Å². The molecule has 10 nitrogen and oxygen atoms in total. The minimum absolute atomic E-state index is 0.117. The summed E-state index contributed by atoms with van der Waals surface area (Å²) in [6.07, 6.45) is 4.18. The maximum absolute atomic E-state index is 13.3. The highest BCUT2D eigenvalue weighted by molar-refractivity contribution is 8.09. The van der Waals surface area contributed by atoms with Crippen molar-refractivity contribution in [3.63, 3.8) is 0 Å². The molecule has 0 radical (unpaired) electrons. The lowest BCUT2D eigenvalue weighted by atomic mass is 10.0. The van der Waals surface area contributed by atoms with Crippen LogP contribution in [0.1, 0.15) is 10.4 Å². The van der Waals surface area contributed by atoms with Crippen LogP contribution in [0.2, 0.25) is 10.0 Å². The average molecular weight is 558 g/mol. The van der Waals surface area contributed by atoms with Crippen molar-refractivity contribution in [2.45, 2.75) is 0 Å². The number of aromatic nitrogens is 1. The highest BCUT2D eigenvalue weighted by Gasteiger charge is 2.29. The van der Waals surface area contributed by atoms with Crippen molar-refractivity contribution in [2.24, 2.45) is 0 Å². The number of carbonyl (C=O) groups is 1. The van der Waals surface area contributed by atoms with E-state index in [1.165, 1.54) is 49.8 Å². The molecule has 4 aromatic rings. The number of benzene rings is 2. The van der Waals surface area contributed by atoms with Crippen LogP contribution in [0.4, 0.5) is 11.4 Å². The number of hydrogen-bond donors (Lipinski definition) is 1. The monoisotopic (exact) mass is 557 g/mol. The molecule has 0 bridgehead atoms. The third-order valence-electron chi connectivity index (χ3n) is 4.94. The topological polar surface area (TPSA) is 136 Å². The fourth-order valence-electron chi connectivity index (χ4n) is 3.65. The van der Waals surface area contributed by atoms with Gasteiger partial charge in [-0.2, -0.15) is 3.71 Å². The van der Waals surface area contributed by atoms with E-state index in [4.69, 9.17) is 32.4 Å². The lowest BCUT2D eigenvalue weighted by molar-refractivity contribution is 0.102. The Morgan fingerprint density at radius 2 is 1.66 bits per heavy atom. The number of methoxy groups -OCH3 is 1. The quantitative estimate of drug-likeness (QED) is 0.371. The van der Waals surface area contributed by atoms with Gasteiger partial charge in [-0.25, -0.2) is 16.8 Å². The minimum atomic E-state index is -4.19. The van der Waals surface area contributed by atoms with Crippen molar-refractivity contribution in [3.05, 3.63) is 58.3 Å². The Bertz CT molecular complexity index is 1670. The van der Waals surface area contributed by atoms with Gasteiger partial charge >= 0.3 is 0 Å². The zero-order valence-electron chi connectivity index (χ0n) is 18.4. The number of nitrogens with one attached hydrogen (secondary N) is 1. The number of rotatable bonds is 6. The van der Waals surface area contributed by atoms with Gasteiger partial charge in [0.25, 0.3) is 5.91 Å². The van der Waals surface area contributed by atoms with Crippen molar-refractivity contribution < 1.29 is 30.8 Å². The Balaban J connectivity index is 1.98. The molecule has 1 amide bonds. The van der Waals surface area contributed by atoms with Crippen LogP contribution in [0.3, 0.4) is 0 Å². The van der Waals surface area contributed by atoms with Gasteiger partial charge in [-0.05, 0) is 30.3 Å². The molecule has 0 aliphatic rings. The van der Waals surface area contributed by atoms with Crippen molar-refractivity contribution in [2.75, 3.05) is 28.6 Å². The second-order valence-electron chi connectivity index (χ2n) is 7.46. The number of amides is 1. The number of hydrogen-bond acceptors (Lipinski definition) is 8. The molecular formula is C21H17Cl2N3O7S2. The van der Waals surface area contributed by atoms with E-state index in [0.717, 1.165) is 12.5 Å². The number of anilines is 2. The van der Waals surface area contributed by atoms with Gasteiger partial charge < -0.3 is 14.5 Å². The molecule has 0 saturated heterocycles. The van der Waals surface area contributed by atoms with Gasteiger partial charge in [0.1, 0.15) is 5.58 Å².